The first-order valence-corrected chi connectivity index (χ1v) is 13.0. The maximum Gasteiger partial charge on any atom is 0.210 e. The van der Waals surface area contributed by atoms with Crippen LogP contribution in [0.15, 0.2) is 24.4 Å². The topological polar surface area (TPSA) is 79.2 Å². The molecular weight excluding hydrogens is 485 g/mol. The second kappa shape index (κ2) is 11.5. The summed E-state index contributed by atoms with van der Waals surface area (Å²) in [7, 11) is 0. The van der Waals surface area contributed by atoms with E-state index in [4.69, 9.17) is 28.2 Å². The van der Waals surface area contributed by atoms with Crippen LogP contribution in [0.5, 0.6) is 0 Å². The molecule has 0 radical (unpaired) electrons. The molecule has 2 aliphatic heterocycles. The lowest BCUT2D eigenvalue weighted by molar-refractivity contribution is -0.120. The standard InChI is InChI=1S/C20H22Cl2N6O.C5H11N/c1-12-10-26(6-7-27(12)11-29)18-9-23-19-13(2)25-28(20(19)24-18)14(3)16-5-4-15(21)8-17(16)22;1-2-4-6-5-3-1/h4-5,8-9,11-12,14H,6-7,10H2,1-3H3;6H,1-5H2/t12-,14?;/m1./s1. The van der Waals surface area contributed by atoms with Crippen molar-refractivity contribution in [1.82, 2.24) is 30.0 Å². The molecule has 3 aromatic rings. The summed E-state index contributed by atoms with van der Waals surface area (Å²) in [5.74, 6) is 0.783. The molecule has 1 amide bonds. The number of halogens is 2. The lowest BCUT2D eigenvalue weighted by Gasteiger charge is -2.38. The van der Waals surface area contributed by atoms with Crippen LogP contribution in [0.2, 0.25) is 10.0 Å². The molecule has 8 nitrogen and oxygen atoms in total. The largest absolute Gasteiger partial charge is 0.351 e. The second-order valence-corrected chi connectivity index (χ2v) is 10.1. The summed E-state index contributed by atoms with van der Waals surface area (Å²) in [6.45, 7) is 10.6. The Morgan fingerprint density at radius 3 is 2.54 bits per heavy atom. The van der Waals surface area contributed by atoms with E-state index in [1.807, 2.05) is 42.5 Å². The number of carbonyl (C=O) groups is 1. The van der Waals surface area contributed by atoms with Crippen LogP contribution in [-0.2, 0) is 4.79 Å². The van der Waals surface area contributed by atoms with Gasteiger partial charge in [-0.3, -0.25) is 4.79 Å². The molecule has 0 bridgehead atoms. The lowest BCUT2D eigenvalue weighted by atomic mass is 10.1. The van der Waals surface area contributed by atoms with Crippen molar-refractivity contribution in [1.29, 1.82) is 0 Å². The molecule has 2 aliphatic rings. The normalized spacial score (nSPS) is 19.3. The van der Waals surface area contributed by atoms with Gasteiger partial charge in [0.25, 0.3) is 0 Å². The Balaban J connectivity index is 0.000000421. The molecule has 2 aromatic heterocycles. The molecule has 2 atom stereocenters. The van der Waals surface area contributed by atoms with Gasteiger partial charge < -0.3 is 15.1 Å². The number of benzene rings is 1. The van der Waals surface area contributed by atoms with E-state index in [1.54, 1.807) is 12.3 Å². The minimum Gasteiger partial charge on any atom is -0.351 e. The third-order valence-corrected chi connectivity index (χ3v) is 7.25. The maximum atomic E-state index is 11.1. The van der Waals surface area contributed by atoms with E-state index in [9.17, 15) is 4.79 Å². The molecule has 2 saturated heterocycles. The van der Waals surface area contributed by atoms with Gasteiger partial charge in [-0.25, -0.2) is 14.6 Å². The molecule has 1 unspecified atom stereocenters. The number of nitrogens with zero attached hydrogens (tertiary/aromatic N) is 6. The SMILES string of the molecule is C1CCNCC1.Cc1nn(C(C)c2ccc(Cl)cc2Cl)c2nc(N3CCN(C=O)[C@H](C)C3)cnc12. The highest BCUT2D eigenvalue weighted by Gasteiger charge is 2.25. The number of nitrogens with one attached hydrogen (secondary N) is 1. The quantitative estimate of drug-likeness (QED) is 0.514. The Kier molecular flexibility index (Phi) is 8.46. The van der Waals surface area contributed by atoms with Gasteiger partial charge in [0.15, 0.2) is 5.65 Å². The van der Waals surface area contributed by atoms with Gasteiger partial charge in [-0.1, -0.05) is 35.7 Å². The van der Waals surface area contributed by atoms with E-state index in [1.165, 1.54) is 32.4 Å². The molecule has 2 fully saturated rings. The summed E-state index contributed by atoms with van der Waals surface area (Å²) in [6, 6.07) is 5.46. The third kappa shape index (κ3) is 5.88. The average molecular weight is 518 g/mol. The van der Waals surface area contributed by atoms with Crippen LogP contribution in [0.25, 0.3) is 11.2 Å². The van der Waals surface area contributed by atoms with Crippen LogP contribution >= 0.6 is 23.2 Å². The summed E-state index contributed by atoms with van der Waals surface area (Å²) in [5.41, 5.74) is 3.21. The highest BCUT2D eigenvalue weighted by Crippen LogP contribution is 2.31. The number of rotatable bonds is 4. The zero-order chi connectivity index (χ0) is 24.9. The van der Waals surface area contributed by atoms with E-state index in [0.717, 1.165) is 35.5 Å². The first-order chi connectivity index (χ1) is 16.9. The Bertz CT molecular complexity index is 1150. The van der Waals surface area contributed by atoms with E-state index < -0.39 is 0 Å². The van der Waals surface area contributed by atoms with E-state index in [2.05, 4.69) is 20.3 Å². The number of hydrogen-bond donors (Lipinski definition) is 1. The number of hydrogen-bond acceptors (Lipinski definition) is 6. The number of aromatic nitrogens is 4. The Labute approximate surface area is 216 Å². The van der Waals surface area contributed by atoms with Gasteiger partial charge in [-0.15, -0.1) is 0 Å². The van der Waals surface area contributed by atoms with Gasteiger partial charge in [-0.05, 0) is 64.4 Å². The molecule has 35 heavy (non-hydrogen) atoms. The molecule has 10 heteroatoms. The van der Waals surface area contributed by atoms with Gasteiger partial charge in [0.2, 0.25) is 6.41 Å². The Morgan fingerprint density at radius 1 is 1.17 bits per heavy atom. The second-order valence-electron chi connectivity index (χ2n) is 9.22. The summed E-state index contributed by atoms with van der Waals surface area (Å²) >= 11 is 12.5. The summed E-state index contributed by atoms with van der Waals surface area (Å²) in [5, 5.41) is 9.16. The monoisotopic (exact) mass is 517 g/mol. The first-order valence-electron chi connectivity index (χ1n) is 12.2. The predicted molar refractivity (Wildman–Crippen MR) is 142 cm³/mol. The van der Waals surface area contributed by atoms with Crippen molar-refractivity contribution >= 4 is 46.6 Å². The van der Waals surface area contributed by atoms with Crippen molar-refractivity contribution < 1.29 is 4.79 Å². The molecule has 0 aliphatic carbocycles. The zero-order valence-corrected chi connectivity index (χ0v) is 22.1. The lowest BCUT2D eigenvalue weighted by Crippen LogP contribution is -2.51. The molecule has 188 valence electrons. The summed E-state index contributed by atoms with van der Waals surface area (Å²) in [4.78, 5) is 24.6. The van der Waals surface area contributed by atoms with Crippen LogP contribution in [0, 0.1) is 6.92 Å². The van der Waals surface area contributed by atoms with Crippen LogP contribution in [0.1, 0.15) is 50.4 Å². The van der Waals surface area contributed by atoms with Crippen LogP contribution in [0.3, 0.4) is 0 Å². The van der Waals surface area contributed by atoms with E-state index >= 15 is 0 Å². The molecule has 1 aromatic carbocycles. The number of piperidine rings is 1. The van der Waals surface area contributed by atoms with Gasteiger partial charge in [0.05, 0.1) is 17.9 Å². The van der Waals surface area contributed by atoms with E-state index in [0.29, 0.717) is 28.8 Å². The van der Waals surface area contributed by atoms with Crippen molar-refractivity contribution in [3.05, 3.63) is 45.7 Å². The van der Waals surface area contributed by atoms with Gasteiger partial charge >= 0.3 is 0 Å². The van der Waals surface area contributed by atoms with Crippen molar-refractivity contribution in [2.24, 2.45) is 0 Å². The number of anilines is 1. The average Bonchev–Trinajstić information content (AvgIpc) is 3.21. The zero-order valence-electron chi connectivity index (χ0n) is 20.5. The van der Waals surface area contributed by atoms with Crippen molar-refractivity contribution in [3.8, 4) is 0 Å². The predicted octanol–water partition coefficient (Wildman–Crippen LogP) is 4.48. The van der Waals surface area contributed by atoms with Gasteiger partial charge in [-0.2, -0.15) is 5.10 Å². The summed E-state index contributed by atoms with van der Waals surface area (Å²) < 4.78 is 1.86. The highest BCUT2D eigenvalue weighted by atomic mass is 35.5. The molecule has 0 saturated carbocycles. The van der Waals surface area contributed by atoms with Crippen molar-refractivity contribution in [2.45, 2.75) is 52.1 Å². The first kappa shape index (κ1) is 25.7. The van der Waals surface area contributed by atoms with Crippen molar-refractivity contribution in [3.63, 3.8) is 0 Å². The number of piperazine rings is 1. The van der Waals surface area contributed by atoms with Crippen LogP contribution < -0.4 is 10.2 Å². The fourth-order valence-corrected chi connectivity index (χ4v) is 5.14. The minimum atomic E-state index is -0.133. The fraction of sp³-hybridized carbons (Fsp3) is 0.520. The number of carbonyl (C=O) groups excluding carboxylic acids is 1. The van der Waals surface area contributed by atoms with Crippen LogP contribution in [-0.4, -0.2) is 69.8 Å². The molecule has 4 heterocycles. The van der Waals surface area contributed by atoms with Crippen molar-refractivity contribution in [2.75, 3.05) is 37.6 Å². The Hall–Kier alpha value is -2.42. The van der Waals surface area contributed by atoms with Gasteiger partial charge in [0, 0.05) is 35.7 Å². The van der Waals surface area contributed by atoms with Gasteiger partial charge in [0.1, 0.15) is 11.3 Å². The number of aryl methyl sites for hydroxylation is 1. The Morgan fingerprint density at radius 2 is 1.94 bits per heavy atom. The molecule has 5 rings (SSSR count). The van der Waals surface area contributed by atoms with E-state index in [-0.39, 0.29) is 12.1 Å². The molecular formula is C25H33Cl2N7O. The summed E-state index contributed by atoms with van der Waals surface area (Å²) in [6.07, 6.45) is 6.91. The minimum absolute atomic E-state index is 0.122. The molecule has 0 spiro atoms. The van der Waals surface area contributed by atoms with Crippen LogP contribution in [0.4, 0.5) is 5.82 Å². The molecule has 1 N–H and O–H groups in total. The third-order valence-electron chi connectivity index (χ3n) is 6.68. The number of fused-ring (bicyclic) bond motifs is 1. The fourth-order valence-electron chi connectivity index (χ4n) is 4.57. The smallest absolute Gasteiger partial charge is 0.210 e. The highest BCUT2D eigenvalue weighted by molar-refractivity contribution is 6.35. The maximum absolute atomic E-state index is 11.1. The number of amides is 1.